The topological polar surface area (TPSA) is 171 Å². The number of fused-ring (bicyclic) bond motifs is 5. The van der Waals surface area contributed by atoms with Crippen LogP contribution >= 0.6 is 11.6 Å². The van der Waals surface area contributed by atoms with Gasteiger partial charge in [-0.2, -0.15) is 19.0 Å². The van der Waals surface area contributed by atoms with E-state index in [-0.39, 0.29) is 61.8 Å². The number of alkyl halides is 4. The van der Waals surface area contributed by atoms with Crippen LogP contribution in [-0.2, 0) is 45.5 Å². The van der Waals surface area contributed by atoms with Crippen molar-refractivity contribution in [1.29, 1.82) is 0 Å². The normalized spacial score (nSPS) is 20.0. The van der Waals surface area contributed by atoms with Gasteiger partial charge in [0.1, 0.15) is 41.2 Å². The van der Waals surface area contributed by atoms with Gasteiger partial charge in [0.15, 0.2) is 11.5 Å². The monoisotopic (exact) mass is 946 g/mol. The first-order valence-electron chi connectivity index (χ1n) is 20.3. The molecule has 2 aliphatic carbocycles. The fourth-order valence-corrected chi connectivity index (χ4v) is 10.3. The van der Waals surface area contributed by atoms with E-state index < -0.39 is 98.9 Å². The van der Waals surface area contributed by atoms with Gasteiger partial charge in [0.2, 0.25) is 15.9 Å². The summed E-state index contributed by atoms with van der Waals surface area (Å²) in [6, 6.07) is 6.97. The average molecular weight is 947 g/mol. The highest BCUT2D eigenvalue weighted by molar-refractivity contribution is 7.92. The van der Waals surface area contributed by atoms with Gasteiger partial charge in [-0.15, -0.1) is 0 Å². The summed E-state index contributed by atoms with van der Waals surface area (Å²) >= 11 is 6.66. The second-order valence-corrected chi connectivity index (χ2v) is 20.2. The first kappa shape index (κ1) is 44.5. The molecule has 0 bridgehead atoms. The number of rotatable bonds is 11. The fraction of sp³-hybridized carbons (Fsp3) is 0.429. The summed E-state index contributed by atoms with van der Waals surface area (Å²) in [5.41, 5.74) is -4.01. The molecule has 65 heavy (non-hydrogen) atoms. The summed E-state index contributed by atoms with van der Waals surface area (Å²) in [5.74, 6) is -8.70. The molecule has 344 valence electrons. The first-order chi connectivity index (χ1) is 30.3. The van der Waals surface area contributed by atoms with Crippen molar-refractivity contribution in [2.24, 2.45) is 13.0 Å². The Balaban J connectivity index is 1.25. The summed E-state index contributed by atoms with van der Waals surface area (Å²) in [5, 5.41) is 10.8. The molecule has 3 atom stereocenters. The number of nitrogens with zero attached hydrogens (tertiary/aromatic N) is 8. The molecule has 2 fully saturated rings. The number of nitrogens with one attached hydrogen (secondary N) is 2. The van der Waals surface area contributed by atoms with Crippen LogP contribution in [0, 0.1) is 17.6 Å². The lowest BCUT2D eigenvalue weighted by Gasteiger charge is -2.47. The second kappa shape index (κ2) is 15.2. The number of carbonyl (C=O) groups excluding carboxylic acids is 1. The van der Waals surface area contributed by atoms with E-state index in [1.54, 1.807) is 6.07 Å². The number of aryl methyl sites for hydroxylation is 1. The number of ether oxygens (including phenoxy) is 1. The lowest BCUT2D eigenvalue weighted by molar-refractivity contribution is -0.133. The van der Waals surface area contributed by atoms with Crippen LogP contribution in [0.1, 0.15) is 80.8 Å². The van der Waals surface area contributed by atoms with Crippen molar-refractivity contribution >= 4 is 61.1 Å². The summed E-state index contributed by atoms with van der Waals surface area (Å²) in [4.78, 5) is 41.0. The lowest BCUT2D eigenvalue weighted by atomic mass is 9.99. The van der Waals surface area contributed by atoms with Gasteiger partial charge in [0.05, 0.1) is 50.5 Å². The molecule has 0 spiro atoms. The Labute approximate surface area is 371 Å². The highest BCUT2D eigenvalue weighted by Crippen LogP contribution is 2.68. The van der Waals surface area contributed by atoms with E-state index >= 15 is 13.6 Å². The highest BCUT2D eigenvalue weighted by Gasteiger charge is 2.67. The van der Waals surface area contributed by atoms with Crippen molar-refractivity contribution in [3.63, 3.8) is 0 Å². The highest BCUT2D eigenvalue weighted by atomic mass is 35.5. The van der Waals surface area contributed by atoms with Crippen LogP contribution in [0.4, 0.5) is 38.0 Å². The summed E-state index contributed by atoms with van der Waals surface area (Å²) in [6.07, 6.45) is -2.79. The molecule has 1 saturated carbocycles. The Bertz CT molecular complexity index is 3120. The quantitative estimate of drug-likeness (QED) is 0.132. The number of benzene rings is 2. The maximum atomic E-state index is 15.6. The molecular formula is C42H41ClF6N10O5S. The van der Waals surface area contributed by atoms with Crippen LogP contribution in [0.5, 0.6) is 0 Å². The van der Waals surface area contributed by atoms with Crippen molar-refractivity contribution in [3.05, 3.63) is 97.8 Å². The van der Waals surface area contributed by atoms with Crippen LogP contribution in [0.25, 0.3) is 27.6 Å². The molecule has 4 aromatic heterocycles. The zero-order chi connectivity index (χ0) is 46.9. The Morgan fingerprint density at radius 2 is 1.68 bits per heavy atom. The van der Waals surface area contributed by atoms with Gasteiger partial charge in [0.25, 0.3) is 17.9 Å². The number of hydrogen-bond donors (Lipinski definition) is 2. The Hall–Kier alpha value is -5.74. The third-order valence-electron chi connectivity index (χ3n) is 11.7. The predicted octanol–water partition coefficient (Wildman–Crippen LogP) is 6.81. The third-order valence-corrected chi connectivity index (χ3v) is 12.6. The number of sulfonamides is 1. The number of halogens is 7. The average Bonchev–Trinajstić information content (AvgIpc) is 3.71. The molecule has 23 heteroatoms. The number of carbonyl (C=O) groups is 1. The fourth-order valence-electron chi connectivity index (χ4n) is 9.58. The summed E-state index contributed by atoms with van der Waals surface area (Å²) in [7, 11) is -2.47. The Morgan fingerprint density at radius 1 is 1.00 bits per heavy atom. The van der Waals surface area contributed by atoms with Gasteiger partial charge >= 0.3 is 0 Å². The number of morpholine rings is 1. The molecule has 9 rings (SSSR count). The smallest absolute Gasteiger partial charge is 0.293 e. The molecule has 5 heterocycles. The van der Waals surface area contributed by atoms with E-state index in [0.717, 1.165) is 23.0 Å². The predicted molar refractivity (Wildman–Crippen MR) is 227 cm³/mol. The van der Waals surface area contributed by atoms with Gasteiger partial charge in [0, 0.05) is 44.1 Å². The molecular weight excluding hydrogens is 906 g/mol. The molecule has 2 N–H and O–H groups in total. The Kier molecular flexibility index (Phi) is 10.4. The second-order valence-electron chi connectivity index (χ2n) is 18.0. The van der Waals surface area contributed by atoms with E-state index in [9.17, 15) is 30.8 Å². The van der Waals surface area contributed by atoms with Gasteiger partial charge in [-0.1, -0.05) is 11.6 Å². The van der Waals surface area contributed by atoms with Crippen molar-refractivity contribution in [1.82, 2.24) is 39.4 Å². The molecule has 2 aromatic carbocycles. The number of amides is 1. The number of aromatic nitrogens is 7. The molecule has 1 aliphatic heterocycles. The molecule has 6 aromatic rings. The maximum absolute atomic E-state index is 15.6. The lowest BCUT2D eigenvalue weighted by Crippen LogP contribution is -2.57. The van der Waals surface area contributed by atoms with E-state index in [1.807, 2.05) is 32.6 Å². The molecule has 1 saturated heterocycles. The van der Waals surface area contributed by atoms with E-state index in [1.165, 1.54) is 29.9 Å². The van der Waals surface area contributed by atoms with Crippen LogP contribution in [0.15, 0.2) is 47.3 Å². The van der Waals surface area contributed by atoms with Crippen molar-refractivity contribution in [2.75, 3.05) is 29.0 Å². The summed E-state index contributed by atoms with van der Waals surface area (Å²) < 4.78 is 126. The maximum Gasteiger partial charge on any atom is 0.293 e. The number of anilines is 2. The van der Waals surface area contributed by atoms with Gasteiger partial charge in [-0.05, 0) is 82.0 Å². The van der Waals surface area contributed by atoms with Crippen LogP contribution in [0.3, 0.4) is 0 Å². The largest absolute Gasteiger partial charge is 0.366 e. The molecule has 3 aliphatic rings. The molecule has 0 unspecified atom stereocenters. The van der Waals surface area contributed by atoms with Crippen LogP contribution < -0.4 is 20.5 Å². The third kappa shape index (κ3) is 8.06. The minimum absolute atomic E-state index is 0.00566. The van der Waals surface area contributed by atoms with Crippen molar-refractivity contribution in [3.8, 4) is 5.69 Å². The molecule has 15 nitrogen and oxygen atoms in total. The van der Waals surface area contributed by atoms with Crippen molar-refractivity contribution in [2.45, 2.75) is 82.6 Å². The minimum atomic E-state index is -3.92. The van der Waals surface area contributed by atoms with E-state index in [2.05, 4.69) is 20.2 Å². The van der Waals surface area contributed by atoms with Crippen LogP contribution in [-0.4, -0.2) is 79.0 Å². The SMILES string of the molecule is Cn1nc(NS(C)(=O)=O)c2c(Cl)ccc(-n3c([C@H](Cc4cc(F)cc(F)c4)NC(=O)Cn4nc(C(F)F)c5c4C(F)(F)[C@@H]4C[C@H]54)nc4nc(N5CC(C)(C)OC(C)(C)C5)ccc4c3=O)c21. The zero-order valence-corrected chi connectivity index (χ0v) is 37.1. The first-order valence-corrected chi connectivity index (χ1v) is 22.6. The van der Waals surface area contributed by atoms with Crippen molar-refractivity contribution < 1.29 is 44.3 Å². The number of hydrogen-bond acceptors (Lipinski definition) is 10. The molecule has 0 radical (unpaired) electrons. The Morgan fingerprint density at radius 3 is 2.32 bits per heavy atom. The minimum Gasteiger partial charge on any atom is -0.366 e. The van der Waals surface area contributed by atoms with Gasteiger partial charge in [-0.25, -0.2) is 35.9 Å². The zero-order valence-electron chi connectivity index (χ0n) is 35.6. The van der Waals surface area contributed by atoms with Crippen LogP contribution in [0.2, 0.25) is 5.02 Å². The van der Waals surface area contributed by atoms with E-state index in [4.69, 9.17) is 26.3 Å². The molecule has 1 amide bonds. The standard InChI is InChI=1S/C42H41ClF6N10O5S/c1-40(2)17-57(18-41(3,4)64-40)28-10-7-22-36(51-28)52-38(59(39(22)61)27-9-8-25(43)31-33(27)56(5)54-37(31)55-65(6,62)63)26(13-19-11-20(44)14-21(45)12-19)50-29(60)16-58-34-30(32(53-58)35(46)47)23-15-24(23)42(34,48)49/h7-12,14,23-24,26,35H,13,15-18H2,1-6H3,(H,50,60)(H,54,55)/t23-,24+,26-/m0/s1. The van der Waals surface area contributed by atoms with Gasteiger partial charge in [-0.3, -0.25) is 28.2 Å². The van der Waals surface area contributed by atoms with Gasteiger partial charge < -0.3 is 15.0 Å². The summed E-state index contributed by atoms with van der Waals surface area (Å²) in [6.45, 7) is 7.44. The van der Waals surface area contributed by atoms with E-state index in [0.29, 0.717) is 29.7 Å². The number of pyridine rings is 1.